The maximum atomic E-state index is 13.8. The average molecular weight is 212 g/mol. The molecule has 2 heterocycles. The van der Waals surface area contributed by atoms with Crippen LogP contribution in [0.1, 0.15) is 25.0 Å². The predicted molar refractivity (Wildman–Crippen MR) is 55.2 cm³/mol. The molecule has 0 aliphatic carbocycles. The summed E-state index contributed by atoms with van der Waals surface area (Å²) in [6.45, 7) is 0.936. The minimum Gasteiger partial charge on any atom is -0.311 e. The number of aromatic nitrogens is 3. The van der Waals surface area contributed by atoms with Gasteiger partial charge >= 0.3 is 0 Å². The Morgan fingerprint density at radius 3 is 3.13 bits per heavy atom. The van der Waals surface area contributed by atoms with Crippen molar-refractivity contribution >= 4 is 0 Å². The van der Waals surface area contributed by atoms with Crippen molar-refractivity contribution in [2.24, 2.45) is 7.05 Å². The van der Waals surface area contributed by atoms with Crippen LogP contribution in [0.3, 0.4) is 0 Å². The highest BCUT2D eigenvalue weighted by atomic mass is 19.1. The number of rotatable bonds is 3. The molecule has 1 saturated heterocycles. The van der Waals surface area contributed by atoms with E-state index in [1.165, 1.54) is 0 Å². The largest absolute Gasteiger partial charge is 0.311 e. The van der Waals surface area contributed by atoms with E-state index in [9.17, 15) is 4.39 Å². The molecular formula is C10H17FN4. The van der Waals surface area contributed by atoms with Gasteiger partial charge in [0.05, 0.1) is 5.69 Å². The standard InChI is InChI=1S/C10H17FN4/c1-15-7-8(13-14-15)6-9(11)10-4-2-3-5-12-10/h7,9-10,12H,2-6H2,1H3. The van der Waals surface area contributed by atoms with Gasteiger partial charge < -0.3 is 5.32 Å². The molecule has 0 radical (unpaired) electrons. The van der Waals surface area contributed by atoms with E-state index in [0.717, 1.165) is 31.5 Å². The summed E-state index contributed by atoms with van der Waals surface area (Å²) >= 11 is 0. The van der Waals surface area contributed by atoms with Gasteiger partial charge in [0.15, 0.2) is 0 Å². The lowest BCUT2D eigenvalue weighted by molar-refractivity contribution is 0.215. The van der Waals surface area contributed by atoms with Gasteiger partial charge in [-0.15, -0.1) is 5.10 Å². The van der Waals surface area contributed by atoms with Gasteiger partial charge in [-0.1, -0.05) is 11.6 Å². The Kier molecular flexibility index (Phi) is 3.30. The fourth-order valence-electron chi connectivity index (χ4n) is 2.02. The zero-order valence-electron chi connectivity index (χ0n) is 8.99. The monoisotopic (exact) mass is 212 g/mol. The Bertz CT molecular complexity index is 306. The quantitative estimate of drug-likeness (QED) is 0.807. The molecular weight excluding hydrogens is 195 g/mol. The minimum absolute atomic E-state index is 0.000700. The smallest absolute Gasteiger partial charge is 0.121 e. The number of aryl methyl sites for hydroxylation is 1. The van der Waals surface area contributed by atoms with Crippen molar-refractivity contribution < 1.29 is 4.39 Å². The molecule has 2 rings (SSSR count). The lowest BCUT2D eigenvalue weighted by atomic mass is 9.98. The average Bonchev–Trinajstić information content (AvgIpc) is 2.65. The zero-order chi connectivity index (χ0) is 10.7. The van der Waals surface area contributed by atoms with Crippen molar-refractivity contribution in [2.45, 2.75) is 37.9 Å². The van der Waals surface area contributed by atoms with Gasteiger partial charge in [-0.2, -0.15) is 0 Å². The summed E-state index contributed by atoms with van der Waals surface area (Å²) in [4.78, 5) is 0. The third-order valence-electron chi connectivity index (χ3n) is 2.84. The Hall–Kier alpha value is -0.970. The Balaban J connectivity index is 1.88. The lowest BCUT2D eigenvalue weighted by Gasteiger charge is -2.26. The molecule has 1 N–H and O–H groups in total. The predicted octanol–water partition coefficient (Wildman–Crippen LogP) is 0.838. The van der Waals surface area contributed by atoms with Gasteiger partial charge in [0.1, 0.15) is 6.17 Å². The fraction of sp³-hybridized carbons (Fsp3) is 0.800. The molecule has 5 heteroatoms. The first-order chi connectivity index (χ1) is 7.25. The number of nitrogens with zero attached hydrogens (tertiary/aromatic N) is 3. The molecule has 0 amide bonds. The molecule has 4 nitrogen and oxygen atoms in total. The molecule has 15 heavy (non-hydrogen) atoms. The summed E-state index contributed by atoms with van der Waals surface area (Å²) in [7, 11) is 1.79. The Morgan fingerprint density at radius 2 is 2.53 bits per heavy atom. The number of piperidine rings is 1. The van der Waals surface area contributed by atoms with E-state index in [0.29, 0.717) is 6.42 Å². The van der Waals surface area contributed by atoms with Crippen LogP contribution < -0.4 is 5.32 Å². The number of hydrogen-bond acceptors (Lipinski definition) is 3. The van der Waals surface area contributed by atoms with Gasteiger partial charge in [-0.3, -0.25) is 4.68 Å². The zero-order valence-corrected chi connectivity index (χ0v) is 8.99. The second-order valence-electron chi connectivity index (χ2n) is 4.16. The van der Waals surface area contributed by atoms with Crippen molar-refractivity contribution in [2.75, 3.05) is 6.54 Å². The van der Waals surface area contributed by atoms with E-state index in [1.807, 2.05) is 0 Å². The molecule has 0 aromatic carbocycles. The van der Waals surface area contributed by atoms with Gasteiger partial charge in [-0.05, 0) is 19.4 Å². The number of alkyl halides is 1. The van der Waals surface area contributed by atoms with E-state index in [-0.39, 0.29) is 6.04 Å². The third kappa shape index (κ3) is 2.75. The first kappa shape index (κ1) is 10.5. The lowest BCUT2D eigenvalue weighted by Crippen LogP contribution is -2.42. The molecule has 1 aliphatic heterocycles. The van der Waals surface area contributed by atoms with Gasteiger partial charge in [0, 0.05) is 25.7 Å². The SMILES string of the molecule is Cn1cc(CC(F)C2CCCCN2)nn1. The van der Waals surface area contributed by atoms with Crippen LogP contribution in [-0.4, -0.2) is 33.8 Å². The van der Waals surface area contributed by atoms with Crippen LogP contribution in [0.25, 0.3) is 0 Å². The fourth-order valence-corrected chi connectivity index (χ4v) is 2.02. The van der Waals surface area contributed by atoms with Crippen molar-refractivity contribution in [3.63, 3.8) is 0 Å². The molecule has 2 atom stereocenters. The normalized spacial score (nSPS) is 24.0. The van der Waals surface area contributed by atoms with Crippen LogP contribution in [0.4, 0.5) is 4.39 Å². The summed E-state index contributed by atoms with van der Waals surface area (Å²) in [6, 6.07) is 0.000700. The molecule has 1 aromatic rings. The van der Waals surface area contributed by atoms with Crippen LogP contribution in [0.5, 0.6) is 0 Å². The van der Waals surface area contributed by atoms with Gasteiger partial charge in [0.2, 0.25) is 0 Å². The van der Waals surface area contributed by atoms with Crippen molar-refractivity contribution in [1.82, 2.24) is 20.3 Å². The van der Waals surface area contributed by atoms with Crippen molar-refractivity contribution in [3.8, 4) is 0 Å². The Labute approximate surface area is 88.9 Å². The molecule has 0 spiro atoms. The molecule has 0 bridgehead atoms. The summed E-state index contributed by atoms with van der Waals surface area (Å²) < 4.78 is 15.5. The third-order valence-corrected chi connectivity index (χ3v) is 2.84. The first-order valence-electron chi connectivity index (χ1n) is 5.48. The van der Waals surface area contributed by atoms with Crippen LogP contribution in [0.2, 0.25) is 0 Å². The van der Waals surface area contributed by atoms with Gasteiger partial charge in [-0.25, -0.2) is 4.39 Å². The van der Waals surface area contributed by atoms with Crippen LogP contribution in [0.15, 0.2) is 6.20 Å². The molecule has 84 valence electrons. The maximum absolute atomic E-state index is 13.8. The molecule has 0 saturated carbocycles. The van der Waals surface area contributed by atoms with E-state index in [1.54, 1.807) is 17.9 Å². The van der Waals surface area contributed by atoms with E-state index in [2.05, 4.69) is 15.6 Å². The first-order valence-corrected chi connectivity index (χ1v) is 5.48. The summed E-state index contributed by atoms with van der Waals surface area (Å²) in [5.74, 6) is 0. The van der Waals surface area contributed by atoms with Crippen LogP contribution >= 0.6 is 0 Å². The van der Waals surface area contributed by atoms with E-state index in [4.69, 9.17) is 0 Å². The maximum Gasteiger partial charge on any atom is 0.121 e. The van der Waals surface area contributed by atoms with Crippen molar-refractivity contribution in [1.29, 1.82) is 0 Å². The summed E-state index contributed by atoms with van der Waals surface area (Å²) in [6.07, 6.45) is 4.51. The minimum atomic E-state index is -0.845. The number of nitrogens with one attached hydrogen (secondary N) is 1. The van der Waals surface area contributed by atoms with E-state index < -0.39 is 6.17 Å². The Morgan fingerprint density at radius 1 is 1.67 bits per heavy atom. The topological polar surface area (TPSA) is 42.7 Å². The molecule has 1 aliphatic rings. The molecule has 2 unspecified atom stereocenters. The van der Waals surface area contributed by atoms with Crippen LogP contribution in [0, 0.1) is 0 Å². The van der Waals surface area contributed by atoms with E-state index >= 15 is 0 Å². The number of hydrogen-bond donors (Lipinski definition) is 1. The molecule has 1 fully saturated rings. The second kappa shape index (κ2) is 4.70. The highest BCUT2D eigenvalue weighted by Gasteiger charge is 2.23. The van der Waals surface area contributed by atoms with Crippen molar-refractivity contribution in [3.05, 3.63) is 11.9 Å². The number of halogens is 1. The van der Waals surface area contributed by atoms with Crippen LogP contribution in [-0.2, 0) is 13.5 Å². The second-order valence-corrected chi connectivity index (χ2v) is 4.16. The highest BCUT2D eigenvalue weighted by Crippen LogP contribution is 2.15. The molecule has 1 aromatic heterocycles. The summed E-state index contributed by atoms with van der Waals surface area (Å²) in [5, 5.41) is 10.9. The van der Waals surface area contributed by atoms with Gasteiger partial charge in [0.25, 0.3) is 0 Å². The summed E-state index contributed by atoms with van der Waals surface area (Å²) in [5.41, 5.74) is 0.734. The highest BCUT2D eigenvalue weighted by molar-refractivity contribution is 4.97.